The molecule has 34 heavy (non-hydrogen) atoms. The van der Waals surface area contributed by atoms with Crippen molar-refractivity contribution in [1.82, 2.24) is 19.5 Å². The SMILES string of the molecule is CC(=O)OC[C@H]1O[C@@H](n2cnc3c(=O)[nH]c(NCC(C)C)nc32)[C@H](OC(F)(F)F)[C@@H]1OC(C)=O. The van der Waals surface area contributed by atoms with Crippen LogP contribution < -0.4 is 10.9 Å². The molecule has 0 radical (unpaired) electrons. The molecule has 4 atom stereocenters. The van der Waals surface area contributed by atoms with Crippen LogP contribution in [-0.4, -0.2) is 69.3 Å². The fourth-order valence-electron chi connectivity index (χ4n) is 3.38. The Kier molecular flexibility index (Phi) is 7.45. The maximum Gasteiger partial charge on any atom is 0.523 e. The van der Waals surface area contributed by atoms with Crippen molar-refractivity contribution in [3.63, 3.8) is 0 Å². The average molecular weight is 491 g/mol. The summed E-state index contributed by atoms with van der Waals surface area (Å²) in [6.07, 6.45) is -10.5. The lowest BCUT2D eigenvalue weighted by Gasteiger charge is -2.25. The van der Waals surface area contributed by atoms with Gasteiger partial charge in [0.1, 0.15) is 12.7 Å². The minimum atomic E-state index is -5.13. The Labute approximate surface area is 190 Å². The lowest BCUT2D eigenvalue weighted by Crippen LogP contribution is -2.42. The number of fused-ring (bicyclic) bond motifs is 1. The molecule has 15 heteroatoms. The minimum absolute atomic E-state index is 0.0761. The molecule has 0 spiro atoms. The fourth-order valence-corrected chi connectivity index (χ4v) is 3.38. The molecule has 0 saturated carbocycles. The summed E-state index contributed by atoms with van der Waals surface area (Å²) in [7, 11) is 0. The molecule has 0 aliphatic carbocycles. The second-order valence-electron chi connectivity index (χ2n) is 7.98. The zero-order valence-corrected chi connectivity index (χ0v) is 18.7. The van der Waals surface area contributed by atoms with E-state index < -0.39 is 55.0 Å². The van der Waals surface area contributed by atoms with Crippen molar-refractivity contribution < 1.29 is 41.7 Å². The molecule has 2 aromatic rings. The van der Waals surface area contributed by atoms with Crippen LogP contribution in [0.3, 0.4) is 0 Å². The highest BCUT2D eigenvalue weighted by atomic mass is 19.4. The van der Waals surface area contributed by atoms with Gasteiger partial charge in [0.05, 0.1) is 6.33 Å². The van der Waals surface area contributed by atoms with Gasteiger partial charge in [-0.15, -0.1) is 13.2 Å². The van der Waals surface area contributed by atoms with Crippen molar-refractivity contribution >= 4 is 29.1 Å². The summed E-state index contributed by atoms with van der Waals surface area (Å²) in [6, 6.07) is 0. The minimum Gasteiger partial charge on any atom is -0.463 e. The second-order valence-corrected chi connectivity index (χ2v) is 7.98. The number of ether oxygens (including phenoxy) is 4. The van der Waals surface area contributed by atoms with Gasteiger partial charge in [0.2, 0.25) is 5.95 Å². The molecule has 1 fully saturated rings. The van der Waals surface area contributed by atoms with E-state index in [4.69, 9.17) is 14.2 Å². The summed E-state index contributed by atoms with van der Waals surface area (Å²) in [6.45, 7) is 5.91. The van der Waals surface area contributed by atoms with Crippen LogP contribution >= 0.6 is 0 Å². The first-order valence-electron chi connectivity index (χ1n) is 10.3. The first kappa shape index (κ1) is 25.4. The second kappa shape index (κ2) is 9.97. The molecule has 3 heterocycles. The van der Waals surface area contributed by atoms with Crippen molar-refractivity contribution in [2.75, 3.05) is 18.5 Å². The van der Waals surface area contributed by atoms with Crippen molar-refractivity contribution in [2.45, 2.75) is 58.6 Å². The first-order valence-corrected chi connectivity index (χ1v) is 10.3. The van der Waals surface area contributed by atoms with Gasteiger partial charge < -0.3 is 19.5 Å². The van der Waals surface area contributed by atoms with Crippen LogP contribution in [0.4, 0.5) is 19.1 Å². The lowest BCUT2D eigenvalue weighted by molar-refractivity contribution is -0.355. The van der Waals surface area contributed by atoms with Gasteiger partial charge in [-0.25, -0.2) is 4.98 Å². The number of anilines is 1. The van der Waals surface area contributed by atoms with Gasteiger partial charge in [0.25, 0.3) is 5.56 Å². The summed E-state index contributed by atoms with van der Waals surface area (Å²) in [4.78, 5) is 46.0. The Morgan fingerprint density at radius 3 is 2.56 bits per heavy atom. The number of hydrogen-bond donors (Lipinski definition) is 2. The normalized spacial score (nSPS) is 22.8. The van der Waals surface area contributed by atoms with Crippen LogP contribution in [0.5, 0.6) is 0 Å². The fraction of sp³-hybridized carbons (Fsp3) is 0.632. The van der Waals surface area contributed by atoms with E-state index in [0.29, 0.717) is 6.54 Å². The lowest BCUT2D eigenvalue weighted by atomic mass is 10.1. The van der Waals surface area contributed by atoms with Crippen LogP contribution in [0.2, 0.25) is 0 Å². The molecule has 1 aliphatic heterocycles. The number of rotatable bonds is 8. The van der Waals surface area contributed by atoms with Gasteiger partial charge in [-0.3, -0.25) is 28.7 Å². The first-order chi connectivity index (χ1) is 15.9. The van der Waals surface area contributed by atoms with Gasteiger partial charge in [-0.2, -0.15) is 4.98 Å². The molecule has 12 nitrogen and oxygen atoms in total. The quantitative estimate of drug-likeness (QED) is 0.521. The summed E-state index contributed by atoms with van der Waals surface area (Å²) in [5.74, 6) is -1.33. The third-order valence-electron chi connectivity index (χ3n) is 4.69. The smallest absolute Gasteiger partial charge is 0.463 e. The van der Waals surface area contributed by atoms with Crippen molar-refractivity contribution in [2.24, 2.45) is 5.92 Å². The average Bonchev–Trinajstić information content (AvgIpc) is 3.25. The maximum atomic E-state index is 13.3. The number of halogens is 3. The summed E-state index contributed by atoms with van der Waals surface area (Å²) in [5, 5.41) is 2.92. The van der Waals surface area contributed by atoms with Gasteiger partial charge in [0.15, 0.2) is 29.6 Å². The van der Waals surface area contributed by atoms with Crippen LogP contribution in [0.1, 0.15) is 33.9 Å². The molecule has 0 bridgehead atoms. The Morgan fingerprint density at radius 1 is 1.26 bits per heavy atom. The van der Waals surface area contributed by atoms with E-state index in [-0.39, 0.29) is 23.0 Å². The van der Waals surface area contributed by atoms with Crippen LogP contribution in [0, 0.1) is 5.92 Å². The third kappa shape index (κ3) is 6.02. The molecule has 1 aliphatic rings. The predicted molar refractivity (Wildman–Crippen MR) is 109 cm³/mol. The number of imidazole rings is 1. The van der Waals surface area contributed by atoms with E-state index in [9.17, 15) is 27.6 Å². The van der Waals surface area contributed by atoms with Crippen LogP contribution in [0.15, 0.2) is 11.1 Å². The Balaban J connectivity index is 2.05. The van der Waals surface area contributed by atoms with E-state index in [1.165, 1.54) is 0 Å². The standard InChI is InChI=1S/C19H24F3N5O7/c1-8(2)5-23-18-25-15-12(16(30)26-18)24-7-27(15)17-14(34-19(20,21)22)13(32-10(4)29)11(33-17)6-31-9(3)28/h7-8,11,13-14,17H,5-6H2,1-4H3,(H2,23,25,26,30)/t11-,13-,14-,17-/m1/s1. The van der Waals surface area contributed by atoms with Gasteiger partial charge >= 0.3 is 18.3 Å². The van der Waals surface area contributed by atoms with E-state index in [0.717, 1.165) is 24.7 Å². The molecule has 3 rings (SSSR count). The monoisotopic (exact) mass is 491 g/mol. The molecule has 0 aromatic carbocycles. The number of carbonyl (C=O) groups is 2. The van der Waals surface area contributed by atoms with Crippen LogP contribution in [0.25, 0.3) is 11.2 Å². The highest BCUT2D eigenvalue weighted by Crippen LogP contribution is 2.38. The number of esters is 2. The molecule has 2 aromatic heterocycles. The zero-order chi connectivity index (χ0) is 25.2. The van der Waals surface area contributed by atoms with Crippen LogP contribution in [-0.2, 0) is 28.5 Å². The van der Waals surface area contributed by atoms with Gasteiger partial charge in [-0.1, -0.05) is 13.8 Å². The topological polar surface area (TPSA) is 147 Å². The van der Waals surface area contributed by atoms with E-state index in [1.807, 2.05) is 13.8 Å². The van der Waals surface area contributed by atoms with Crippen molar-refractivity contribution in [3.05, 3.63) is 16.7 Å². The Bertz CT molecular complexity index is 1100. The molecule has 0 amide bonds. The molecule has 1 saturated heterocycles. The number of hydrogen-bond acceptors (Lipinski definition) is 10. The van der Waals surface area contributed by atoms with Gasteiger partial charge in [-0.05, 0) is 5.92 Å². The third-order valence-corrected chi connectivity index (χ3v) is 4.69. The zero-order valence-electron chi connectivity index (χ0n) is 18.7. The number of nitrogens with one attached hydrogen (secondary N) is 2. The number of nitrogens with zero attached hydrogens (tertiary/aromatic N) is 3. The Morgan fingerprint density at radius 2 is 1.97 bits per heavy atom. The number of H-pyrrole nitrogens is 1. The highest BCUT2D eigenvalue weighted by Gasteiger charge is 2.53. The molecule has 188 valence electrons. The maximum absolute atomic E-state index is 13.3. The Hall–Kier alpha value is -3.20. The number of carbonyl (C=O) groups excluding carboxylic acids is 2. The largest absolute Gasteiger partial charge is 0.523 e. The number of alkyl halides is 3. The molecular weight excluding hydrogens is 467 g/mol. The molecular formula is C19H24F3N5O7. The van der Waals surface area contributed by atoms with E-state index in [1.54, 1.807) is 0 Å². The molecule has 0 unspecified atom stereocenters. The van der Waals surface area contributed by atoms with Crippen molar-refractivity contribution in [1.29, 1.82) is 0 Å². The highest BCUT2D eigenvalue weighted by molar-refractivity contribution is 5.71. The summed E-state index contributed by atoms with van der Waals surface area (Å²) in [5.41, 5.74) is -0.878. The van der Waals surface area contributed by atoms with E-state index >= 15 is 0 Å². The summed E-state index contributed by atoms with van der Waals surface area (Å²) >= 11 is 0. The van der Waals surface area contributed by atoms with Crippen molar-refractivity contribution in [3.8, 4) is 0 Å². The number of aromatic amines is 1. The van der Waals surface area contributed by atoms with Gasteiger partial charge in [0, 0.05) is 20.4 Å². The van der Waals surface area contributed by atoms with E-state index in [2.05, 4.69) is 25.0 Å². The number of aromatic nitrogens is 4. The molecule has 2 N–H and O–H groups in total. The summed E-state index contributed by atoms with van der Waals surface area (Å²) < 4.78 is 60.8. The predicted octanol–water partition coefficient (Wildman–Crippen LogP) is 1.48.